The molecule has 0 aliphatic heterocycles. The first-order valence-corrected chi connectivity index (χ1v) is 16.8. The highest BCUT2D eigenvalue weighted by Crippen LogP contribution is 2.16. The third-order valence-electron chi connectivity index (χ3n) is 8.55. The minimum absolute atomic E-state index is 0. The Morgan fingerprint density at radius 1 is 0.325 bits per heavy atom. The van der Waals surface area contributed by atoms with Gasteiger partial charge in [-0.25, -0.2) is 0 Å². The number of quaternary nitrogens is 4. The van der Waals surface area contributed by atoms with E-state index in [2.05, 4.69) is 53.0 Å². The molecule has 8 heteroatoms. The molecule has 0 aliphatic rings. The van der Waals surface area contributed by atoms with Gasteiger partial charge in [0.05, 0.1) is 65.4 Å². The van der Waals surface area contributed by atoms with Gasteiger partial charge in [0.1, 0.15) is 0 Å². The molecule has 8 nitrogen and oxygen atoms in total. The fraction of sp³-hybridized carbons (Fsp3) is 1.00. The SMILES string of the molecule is CCCC[N+](CC)(CCCC)CCCCCC[NH3+].CCCC[N+](CC)(CCCC)CCCCCC[NH3+].[OH-].[OH-].[OH-].[OH-]. The van der Waals surface area contributed by atoms with Crippen molar-refractivity contribution >= 4 is 0 Å². The molecule has 0 aromatic carbocycles. The van der Waals surface area contributed by atoms with E-state index in [0.717, 1.165) is 13.1 Å². The van der Waals surface area contributed by atoms with Gasteiger partial charge in [0, 0.05) is 0 Å². The van der Waals surface area contributed by atoms with Crippen molar-refractivity contribution in [3.8, 4) is 0 Å². The maximum Gasteiger partial charge on any atom is 0.0786 e. The Morgan fingerprint density at radius 3 is 0.750 bits per heavy atom. The summed E-state index contributed by atoms with van der Waals surface area (Å²) in [5, 5.41) is 0. The lowest BCUT2D eigenvalue weighted by molar-refractivity contribution is -0.927. The van der Waals surface area contributed by atoms with Gasteiger partial charge in [-0.3, -0.25) is 0 Å². The second-order valence-electron chi connectivity index (χ2n) is 11.6. The fourth-order valence-corrected chi connectivity index (χ4v) is 5.55. The molecule has 0 aromatic heterocycles. The predicted molar refractivity (Wildman–Crippen MR) is 171 cm³/mol. The second-order valence-corrected chi connectivity index (χ2v) is 11.6. The Morgan fingerprint density at radius 2 is 0.550 bits per heavy atom. The molecular formula is C32H80N4O4. The fourth-order valence-electron chi connectivity index (χ4n) is 5.55. The van der Waals surface area contributed by atoms with Crippen molar-refractivity contribution in [1.29, 1.82) is 0 Å². The topological polar surface area (TPSA) is 175 Å². The van der Waals surface area contributed by atoms with E-state index in [1.807, 2.05) is 0 Å². The smallest absolute Gasteiger partial charge is 0.0786 e. The quantitative estimate of drug-likeness (QED) is 0.0973. The zero-order valence-corrected chi connectivity index (χ0v) is 28.5. The summed E-state index contributed by atoms with van der Waals surface area (Å²) in [7, 11) is 0. The van der Waals surface area contributed by atoms with E-state index >= 15 is 0 Å². The monoisotopic (exact) mass is 585 g/mol. The molecule has 0 unspecified atom stereocenters. The van der Waals surface area contributed by atoms with E-state index in [9.17, 15) is 0 Å². The van der Waals surface area contributed by atoms with Gasteiger partial charge in [-0.05, 0) is 90.9 Å². The number of hydrogen-bond donors (Lipinski definition) is 2. The van der Waals surface area contributed by atoms with Crippen molar-refractivity contribution < 1.29 is 42.3 Å². The van der Waals surface area contributed by atoms with Gasteiger partial charge in [0.15, 0.2) is 0 Å². The van der Waals surface area contributed by atoms with Crippen molar-refractivity contribution in [2.24, 2.45) is 0 Å². The Kier molecular flexibility index (Phi) is 50.6. The van der Waals surface area contributed by atoms with Crippen LogP contribution in [-0.2, 0) is 0 Å². The molecule has 0 atom stereocenters. The maximum absolute atomic E-state index is 3.93. The van der Waals surface area contributed by atoms with Gasteiger partial charge in [-0.1, -0.05) is 53.4 Å². The Bertz CT molecular complexity index is 378. The molecule has 0 saturated heterocycles. The molecule has 0 bridgehead atoms. The molecule has 0 aromatic rings. The molecule has 0 heterocycles. The first-order chi connectivity index (χ1) is 17.5. The van der Waals surface area contributed by atoms with Crippen molar-refractivity contribution in [3.05, 3.63) is 0 Å². The summed E-state index contributed by atoms with van der Waals surface area (Å²) in [4.78, 5) is 0. The van der Waals surface area contributed by atoms with E-state index in [-0.39, 0.29) is 21.9 Å². The predicted octanol–water partition coefficient (Wildman–Crippen LogP) is 5.74. The highest BCUT2D eigenvalue weighted by Gasteiger charge is 2.24. The Balaban J connectivity index is -0.000000131. The van der Waals surface area contributed by atoms with Gasteiger partial charge in [-0.2, -0.15) is 0 Å². The minimum atomic E-state index is 0. The van der Waals surface area contributed by atoms with Gasteiger partial charge in [0.25, 0.3) is 0 Å². The van der Waals surface area contributed by atoms with E-state index in [4.69, 9.17) is 0 Å². The first kappa shape index (κ1) is 52.3. The molecule has 0 rings (SSSR count). The van der Waals surface area contributed by atoms with Gasteiger partial charge in [0.2, 0.25) is 0 Å². The maximum atomic E-state index is 3.93. The average molecular weight is 585 g/mol. The molecular weight excluding hydrogens is 504 g/mol. The van der Waals surface area contributed by atoms with Crippen LogP contribution in [0.4, 0.5) is 0 Å². The van der Waals surface area contributed by atoms with Crippen LogP contribution in [0.25, 0.3) is 0 Å². The Labute approximate surface area is 252 Å². The largest absolute Gasteiger partial charge is 0.870 e. The summed E-state index contributed by atoms with van der Waals surface area (Å²) >= 11 is 0. The van der Waals surface area contributed by atoms with Crippen LogP contribution < -0.4 is 11.5 Å². The molecule has 252 valence electrons. The number of nitrogens with zero attached hydrogens (tertiary/aromatic N) is 2. The van der Waals surface area contributed by atoms with Gasteiger partial charge in [-0.15, -0.1) is 0 Å². The second kappa shape index (κ2) is 38.7. The molecule has 40 heavy (non-hydrogen) atoms. The number of hydrogen-bond acceptors (Lipinski definition) is 4. The lowest BCUT2D eigenvalue weighted by atomic mass is 10.1. The van der Waals surface area contributed by atoms with Crippen LogP contribution in [0.1, 0.15) is 144 Å². The van der Waals surface area contributed by atoms with Crippen molar-refractivity contribution in [3.63, 3.8) is 0 Å². The van der Waals surface area contributed by atoms with E-state index < -0.39 is 0 Å². The molecule has 0 fully saturated rings. The number of unbranched alkanes of at least 4 members (excludes halogenated alkanes) is 10. The number of rotatable bonds is 26. The third kappa shape index (κ3) is 29.2. The summed E-state index contributed by atoms with van der Waals surface area (Å²) in [5.74, 6) is 0. The summed E-state index contributed by atoms with van der Waals surface area (Å²) < 4.78 is 2.76. The van der Waals surface area contributed by atoms with E-state index in [0.29, 0.717) is 0 Å². The van der Waals surface area contributed by atoms with Crippen molar-refractivity contribution in [2.45, 2.75) is 144 Å². The van der Waals surface area contributed by atoms with Crippen LogP contribution >= 0.6 is 0 Å². The standard InChI is InChI=1S/2C16H37N2.4H2O/c2*1-4-7-14-18(6-3,15-8-5-2)16-12-10-9-11-13-17;;;;/h2*4-17H2,1-3H3;4*1H2/q2*+1;;;;/p-2. The Hall–Kier alpha value is -0.320. The zero-order valence-electron chi connectivity index (χ0n) is 28.5. The molecule has 0 spiro atoms. The van der Waals surface area contributed by atoms with Gasteiger partial charge >= 0.3 is 0 Å². The van der Waals surface area contributed by atoms with Crippen LogP contribution in [0.3, 0.4) is 0 Å². The molecule has 10 N–H and O–H groups in total. The van der Waals surface area contributed by atoms with Crippen LogP contribution in [0, 0.1) is 0 Å². The molecule has 0 amide bonds. The van der Waals surface area contributed by atoms with Crippen molar-refractivity contribution in [2.75, 3.05) is 65.4 Å². The highest BCUT2D eigenvalue weighted by molar-refractivity contribution is 4.50. The highest BCUT2D eigenvalue weighted by atomic mass is 16.0. The van der Waals surface area contributed by atoms with Crippen LogP contribution in [-0.4, -0.2) is 96.3 Å². The van der Waals surface area contributed by atoms with Crippen molar-refractivity contribution in [1.82, 2.24) is 0 Å². The summed E-state index contributed by atoms with van der Waals surface area (Å²) in [6.07, 6.45) is 22.0. The summed E-state index contributed by atoms with van der Waals surface area (Å²) in [5.41, 5.74) is 7.85. The normalized spacial score (nSPS) is 10.8. The first-order valence-electron chi connectivity index (χ1n) is 16.8. The molecule has 0 radical (unpaired) electrons. The molecule has 0 saturated carbocycles. The average Bonchev–Trinajstić information content (AvgIpc) is 2.91. The molecule has 0 aliphatic carbocycles. The van der Waals surface area contributed by atoms with Gasteiger partial charge < -0.3 is 42.3 Å². The van der Waals surface area contributed by atoms with Crippen LogP contribution in [0.2, 0.25) is 0 Å². The van der Waals surface area contributed by atoms with E-state index in [1.165, 1.54) is 164 Å². The lowest BCUT2D eigenvalue weighted by Gasteiger charge is -2.38. The zero-order chi connectivity index (χ0) is 27.4. The third-order valence-corrected chi connectivity index (χ3v) is 8.55. The van der Waals surface area contributed by atoms with E-state index in [1.54, 1.807) is 0 Å². The van der Waals surface area contributed by atoms with Crippen LogP contribution in [0.5, 0.6) is 0 Å². The summed E-state index contributed by atoms with van der Waals surface area (Å²) in [6, 6.07) is 0. The lowest BCUT2D eigenvalue weighted by Crippen LogP contribution is -2.50. The minimum Gasteiger partial charge on any atom is -0.870 e. The summed E-state index contributed by atoms with van der Waals surface area (Å²) in [6.45, 7) is 27.4. The van der Waals surface area contributed by atoms with Crippen LogP contribution in [0.15, 0.2) is 0 Å².